The Labute approximate surface area is 172 Å². The first-order valence-corrected chi connectivity index (χ1v) is 10.2. The summed E-state index contributed by atoms with van der Waals surface area (Å²) >= 11 is 0. The number of halogens is 2. The second-order valence-corrected chi connectivity index (χ2v) is 8.32. The maximum Gasteiger partial charge on any atom is 0.333 e. The zero-order valence-corrected chi connectivity index (χ0v) is 16.8. The van der Waals surface area contributed by atoms with Crippen LogP contribution in [0.25, 0.3) is 16.6 Å². The molecule has 2 unspecified atom stereocenters. The number of hydrogen-bond donors (Lipinski definition) is 0. The smallest absolute Gasteiger partial charge is 0.333 e. The van der Waals surface area contributed by atoms with Gasteiger partial charge in [-0.2, -0.15) is 19.0 Å². The third-order valence-electron chi connectivity index (χ3n) is 6.05. The molecule has 1 amide bonds. The molecule has 0 spiro atoms. The monoisotopic (exact) mass is 415 g/mol. The topological polar surface area (TPSA) is 71.6 Å². The Morgan fingerprint density at radius 2 is 1.83 bits per heavy atom. The first kappa shape index (κ1) is 19.0. The lowest BCUT2D eigenvalue weighted by molar-refractivity contribution is -0.137. The van der Waals surface area contributed by atoms with Gasteiger partial charge in [0.25, 0.3) is 0 Å². The Morgan fingerprint density at radius 3 is 2.47 bits per heavy atom. The molecule has 10 heteroatoms. The molecular formula is C20H23F2N7O. The molecule has 3 aromatic heterocycles. The van der Waals surface area contributed by atoms with Gasteiger partial charge >= 0.3 is 6.55 Å². The van der Waals surface area contributed by atoms with E-state index in [4.69, 9.17) is 0 Å². The molecule has 158 valence electrons. The summed E-state index contributed by atoms with van der Waals surface area (Å²) in [5, 5.41) is 8.00. The standard InChI is InChI=1S/C20H23F2N7O/c1-12(2)19(30)29-15-3-4-16(29)10-26(9-15)18-17-5-13(7-27(17)25-11-23-18)14-6-24-28(8-14)20(21)22/h5-8,11-12,15-16,20H,3-4,9-10H2,1-2H3. The van der Waals surface area contributed by atoms with Gasteiger partial charge in [-0.25, -0.2) is 14.2 Å². The zero-order chi connectivity index (χ0) is 21.0. The number of aromatic nitrogens is 5. The molecule has 2 aliphatic heterocycles. The van der Waals surface area contributed by atoms with Crippen LogP contribution in [-0.2, 0) is 4.79 Å². The molecule has 8 nitrogen and oxygen atoms in total. The van der Waals surface area contributed by atoms with Gasteiger partial charge in [0.2, 0.25) is 5.91 Å². The third-order valence-corrected chi connectivity index (χ3v) is 6.05. The van der Waals surface area contributed by atoms with Crippen molar-refractivity contribution in [3.63, 3.8) is 0 Å². The highest BCUT2D eigenvalue weighted by atomic mass is 19.3. The van der Waals surface area contributed by atoms with Gasteiger partial charge in [-0.05, 0) is 18.9 Å². The summed E-state index contributed by atoms with van der Waals surface area (Å²) in [5.41, 5.74) is 2.15. The molecule has 0 aliphatic carbocycles. The average molecular weight is 415 g/mol. The second kappa shape index (κ2) is 7.03. The predicted molar refractivity (Wildman–Crippen MR) is 106 cm³/mol. The van der Waals surface area contributed by atoms with Crippen molar-refractivity contribution in [2.24, 2.45) is 5.92 Å². The molecule has 2 atom stereocenters. The van der Waals surface area contributed by atoms with Crippen molar-refractivity contribution in [2.75, 3.05) is 18.0 Å². The normalized spacial score (nSPS) is 21.4. The summed E-state index contributed by atoms with van der Waals surface area (Å²) in [6, 6.07) is 2.27. The molecule has 0 aromatic carbocycles. The van der Waals surface area contributed by atoms with Crippen LogP contribution in [0.3, 0.4) is 0 Å². The molecule has 0 radical (unpaired) electrons. The minimum Gasteiger partial charge on any atom is -0.351 e. The third kappa shape index (κ3) is 3.01. The van der Waals surface area contributed by atoms with Gasteiger partial charge in [-0.1, -0.05) is 13.8 Å². The van der Waals surface area contributed by atoms with Gasteiger partial charge in [-0.15, -0.1) is 0 Å². The number of hydrogen-bond acceptors (Lipinski definition) is 5. The minimum atomic E-state index is -2.67. The van der Waals surface area contributed by atoms with Gasteiger partial charge in [0.15, 0.2) is 5.82 Å². The summed E-state index contributed by atoms with van der Waals surface area (Å²) in [4.78, 5) is 21.5. The number of carbonyl (C=O) groups excluding carboxylic acids is 1. The van der Waals surface area contributed by atoms with Crippen LogP contribution < -0.4 is 4.90 Å². The molecule has 2 saturated heterocycles. The van der Waals surface area contributed by atoms with Crippen molar-refractivity contribution < 1.29 is 13.6 Å². The highest BCUT2D eigenvalue weighted by molar-refractivity contribution is 5.81. The number of carbonyl (C=O) groups is 1. The Hall–Kier alpha value is -3.04. The van der Waals surface area contributed by atoms with Crippen LogP contribution in [-0.4, -0.2) is 60.4 Å². The van der Waals surface area contributed by atoms with E-state index in [0.717, 1.165) is 42.8 Å². The van der Waals surface area contributed by atoms with Crippen LogP contribution in [0.2, 0.25) is 0 Å². The lowest BCUT2D eigenvalue weighted by Gasteiger charge is -2.42. The number of rotatable bonds is 4. The Bertz CT molecular complexity index is 1080. The summed E-state index contributed by atoms with van der Waals surface area (Å²) in [6.45, 7) is 2.67. The maximum atomic E-state index is 12.9. The van der Waals surface area contributed by atoms with Crippen LogP contribution >= 0.6 is 0 Å². The van der Waals surface area contributed by atoms with Crippen LogP contribution in [0.1, 0.15) is 33.2 Å². The fourth-order valence-corrected chi connectivity index (χ4v) is 4.65. The molecule has 0 saturated carbocycles. The molecule has 3 aromatic rings. The van der Waals surface area contributed by atoms with E-state index < -0.39 is 6.55 Å². The van der Waals surface area contributed by atoms with Gasteiger partial charge < -0.3 is 9.80 Å². The Balaban J connectivity index is 1.46. The summed E-state index contributed by atoms with van der Waals surface area (Å²) in [7, 11) is 0. The van der Waals surface area contributed by atoms with Crippen molar-refractivity contribution in [1.29, 1.82) is 0 Å². The highest BCUT2D eigenvalue weighted by Crippen LogP contribution is 2.35. The number of amides is 1. The lowest BCUT2D eigenvalue weighted by atomic mass is 10.1. The molecular weight excluding hydrogens is 392 g/mol. The minimum absolute atomic E-state index is 0.00671. The van der Waals surface area contributed by atoms with E-state index in [9.17, 15) is 13.6 Å². The molecule has 0 N–H and O–H groups in total. The van der Waals surface area contributed by atoms with Crippen molar-refractivity contribution in [2.45, 2.75) is 45.3 Å². The fourth-order valence-electron chi connectivity index (χ4n) is 4.65. The molecule has 2 fully saturated rings. The van der Waals surface area contributed by atoms with E-state index >= 15 is 0 Å². The number of anilines is 1. The van der Waals surface area contributed by atoms with Crippen molar-refractivity contribution >= 4 is 17.2 Å². The number of fused-ring (bicyclic) bond motifs is 3. The fraction of sp³-hybridized carbons (Fsp3) is 0.500. The number of alkyl halides is 2. The largest absolute Gasteiger partial charge is 0.351 e. The summed E-state index contributed by atoms with van der Waals surface area (Å²) < 4.78 is 28.1. The molecule has 5 rings (SSSR count). The Kier molecular flexibility index (Phi) is 4.44. The maximum absolute atomic E-state index is 12.9. The first-order valence-electron chi connectivity index (χ1n) is 10.2. The van der Waals surface area contributed by atoms with E-state index in [0.29, 0.717) is 10.2 Å². The summed E-state index contributed by atoms with van der Waals surface area (Å²) in [6.07, 6.45) is 8.04. The highest BCUT2D eigenvalue weighted by Gasteiger charge is 2.43. The molecule has 30 heavy (non-hydrogen) atoms. The molecule has 2 aliphatic rings. The van der Waals surface area contributed by atoms with E-state index in [-0.39, 0.29) is 23.9 Å². The van der Waals surface area contributed by atoms with Gasteiger partial charge in [-0.3, -0.25) is 4.79 Å². The Morgan fingerprint density at radius 1 is 1.10 bits per heavy atom. The number of piperazine rings is 1. The van der Waals surface area contributed by atoms with Crippen molar-refractivity contribution in [1.82, 2.24) is 29.3 Å². The van der Waals surface area contributed by atoms with Gasteiger partial charge in [0, 0.05) is 54.6 Å². The lowest BCUT2D eigenvalue weighted by Crippen LogP contribution is -2.57. The van der Waals surface area contributed by atoms with Crippen molar-refractivity contribution in [3.8, 4) is 11.1 Å². The first-order chi connectivity index (χ1) is 14.4. The van der Waals surface area contributed by atoms with Gasteiger partial charge in [0.1, 0.15) is 11.8 Å². The van der Waals surface area contributed by atoms with Gasteiger partial charge in [0.05, 0.1) is 6.20 Å². The van der Waals surface area contributed by atoms with Crippen LogP contribution in [0.4, 0.5) is 14.6 Å². The van der Waals surface area contributed by atoms with Crippen LogP contribution in [0.5, 0.6) is 0 Å². The van der Waals surface area contributed by atoms with E-state index in [2.05, 4.69) is 25.0 Å². The van der Waals surface area contributed by atoms with E-state index in [1.165, 1.54) is 18.7 Å². The average Bonchev–Trinajstić information content (AvgIpc) is 3.42. The van der Waals surface area contributed by atoms with Crippen LogP contribution in [0.15, 0.2) is 31.0 Å². The zero-order valence-electron chi connectivity index (χ0n) is 16.8. The quantitative estimate of drug-likeness (QED) is 0.655. The van der Waals surface area contributed by atoms with E-state index in [1.54, 1.807) is 10.7 Å². The second-order valence-electron chi connectivity index (χ2n) is 8.32. The van der Waals surface area contributed by atoms with E-state index in [1.807, 2.05) is 19.9 Å². The number of nitrogens with zero attached hydrogens (tertiary/aromatic N) is 7. The van der Waals surface area contributed by atoms with Crippen LogP contribution in [0, 0.1) is 5.92 Å². The predicted octanol–water partition coefficient (Wildman–Crippen LogP) is 2.82. The van der Waals surface area contributed by atoms with Crippen molar-refractivity contribution in [3.05, 3.63) is 31.0 Å². The molecule has 2 bridgehead atoms. The SMILES string of the molecule is CC(C)C(=O)N1C2CCC1CN(c1ncnn3cc(-c4cnn(C(F)F)c4)cc13)C2. The summed E-state index contributed by atoms with van der Waals surface area (Å²) in [5.74, 6) is 1.01. The molecule has 5 heterocycles.